The maximum atomic E-state index is 12.6. The predicted octanol–water partition coefficient (Wildman–Crippen LogP) is 1.89. The second-order valence-corrected chi connectivity index (χ2v) is 8.28. The van der Waals surface area contributed by atoms with Crippen LogP contribution in [0, 0.1) is 5.92 Å². The molecule has 0 radical (unpaired) electrons. The van der Waals surface area contributed by atoms with Crippen LogP contribution in [-0.4, -0.2) is 55.6 Å². The maximum absolute atomic E-state index is 12.6. The number of carbonyl (C=O) groups is 2. The Labute approximate surface area is 168 Å². The van der Waals surface area contributed by atoms with Crippen molar-refractivity contribution in [3.05, 3.63) is 30.3 Å². The molecule has 2 fully saturated rings. The molecule has 1 aromatic carbocycles. The van der Waals surface area contributed by atoms with Gasteiger partial charge in [0.2, 0.25) is 5.91 Å². The number of hydrogen-bond acceptors (Lipinski definition) is 2. The van der Waals surface area contributed by atoms with E-state index in [0.717, 1.165) is 44.1 Å². The molecule has 6 heteroatoms. The van der Waals surface area contributed by atoms with E-state index < -0.39 is 0 Å². The van der Waals surface area contributed by atoms with E-state index in [9.17, 15) is 9.59 Å². The van der Waals surface area contributed by atoms with Gasteiger partial charge in [0.15, 0.2) is 0 Å². The van der Waals surface area contributed by atoms with E-state index in [1.165, 1.54) is 25.8 Å². The lowest BCUT2D eigenvalue weighted by Gasteiger charge is -2.32. The number of nitrogens with zero attached hydrogens (tertiary/aromatic N) is 1. The average molecular weight is 388 g/mol. The van der Waals surface area contributed by atoms with Crippen LogP contribution in [-0.2, 0) is 4.79 Å². The van der Waals surface area contributed by atoms with Crippen molar-refractivity contribution in [1.29, 1.82) is 0 Å². The number of rotatable bonds is 6. The van der Waals surface area contributed by atoms with Crippen LogP contribution in [0.25, 0.3) is 0 Å². The van der Waals surface area contributed by atoms with Gasteiger partial charge in [0.1, 0.15) is 0 Å². The summed E-state index contributed by atoms with van der Waals surface area (Å²) < 4.78 is 0. The quantitative estimate of drug-likeness (QED) is 0.653. The maximum Gasteiger partial charge on any atom is 0.321 e. The number of nitrogens with one attached hydrogen (secondary N) is 3. The summed E-state index contributed by atoms with van der Waals surface area (Å²) in [6.45, 7) is 6.68. The van der Waals surface area contributed by atoms with Crippen molar-refractivity contribution >= 4 is 17.6 Å². The number of likely N-dealkylation sites (tertiary alicyclic amines) is 2. The van der Waals surface area contributed by atoms with Gasteiger partial charge in [0, 0.05) is 31.7 Å². The SMILES string of the molecule is C[C@@H]1CCCC[NH+]1CCCNC(=O)[C@@H]1CCCN(C(=O)Nc2ccccc2)C1. The average Bonchev–Trinajstić information content (AvgIpc) is 2.73. The fourth-order valence-electron chi connectivity index (χ4n) is 4.40. The Morgan fingerprint density at radius 2 is 1.96 bits per heavy atom. The Bertz CT molecular complexity index is 637. The fourth-order valence-corrected chi connectivity index (χ4v) is 4.40. The third-order valence-corrected chi connectivity index (χ3v) is 6.16. The first kappa shape index (κ1) is 20.6. The van der Waals surface area contributed by atoms with Gasteiger partial charge in [-0.3, -0.25) is 4.79 Å². The van der Waals surface area contributed by atoms with E-state index in [0.29, 0.717) is 13.1 Å². The highest BCUT2D eigenvalue weighted by atomic mass is 16.2. The Morgan fingerprint density at radius 1 is 1.14 bits per heavy atom. The molecule has 3 rings (SSSR count). The van der Waals surface area contributed by atoms with Crippen LogP contribution in [0.4, 0.5) is 10.5 Å². The Morgan fingerprint density at radius 3 is 2.75 bits per heavy atom. The van der Waals surface area contributed by atoms with E-state index in [4.69, 9.17) is 0 Å². The van der Waals surface area contributed by atoms with E-state index in [1.54, 1.807) is 9.80 Å². The van der Waals surface area contributed by atoms with Crippen molar-refractivity contribution in [3.8, 4) is 0 Å². The fraction of sp³-hybridized carbons (Fsp3) is 0.636. The third-order valence-electron chi connectivity index (χ3n) is 6.16. The first-order chi connectivity index (χ1) is 13.6. The summed E-state index contributed by atoms with van der Waals surface area (Å²) in [5.74, 6) is -0.00423. The van der Waals surface area contributed by atoms with Gasteiger partial charge in [-0.2, -0.15) is 0 Å². The van der Waals surface area contributed by atoms with Crippen molar-refractivity contribution in [2.24, 2.45) is 5.92 Å². The number of quaternary nitrogens is 1. The molecule has 2 saturated heterocycles. The molecule has 1 unspecified atom stereocenters. The number of piperidine rings is 2. The molecule has 0 aliphatic carbocycles. The zero-order chi connectivity index (χ0) is 19.8. The Hall–Kier alpha value is -2.08. The lowest BCUT2D eigenvalue weighted by molar-refractivity contribution is -0.928. The largest absolute Gasteiger partial charge is 0.356 e. The molecule has 0 aromatic heterocycles. The minimum atomic E-state index is -0.119. The molecule has 0 spiro atoms. The number of carbonyl (C=O) groups excluding carboxylic acids is 2. The van der Waals surface area contributed by atoms with Crippen LogP contribution in [0.2, 0.25) is 0 Å². The lowest BCUT2D eigenvalue weighted by Crippen LogP contribution is -3.16. The first-order valence-electron chi connectivity index (χ1n) is 10.9. The van der Waals surface area contributed by atoms with Crippen LogP contribution in [0.1, 0.15) is 45.4 Å². The molecule has 0 saturated carbocycles. The molecule has 2 heterocycles. The van der Waals surface area contributed by atoms with Crippen LogP contribution in [0.5, 0.6) is 0 Å². The van der Waals surface area contributed by atoms with Gasteiger partial charge in [0.05, 0.1) is 25.0 Å². The second-order valence-electron chi connectivity index (χ2n) is 8.28. The number of anilines is 1. The summed E-state index contributed by atoms with van der Waals surface area (Å²) in [4.78, 5) is 28.5. The summed E-state index contributed by atoms with van der Waals surface area (Å²) in [6, 6.07) is 10.1. The molecule has 3 N–H and O–H groups in total. The summed E-state index contributed by atoms with van der Waals surface area (Å²) in [5, 5.41) is 6.02. The van der Waals surface area contributed by atoms with E-state index in [1.807, 2.05) is 30.3 Å². The van der Waals surface area contributed by atoms with Gasteiger partial charge in [-0.05, 0) is 51.2 Å². The van der Waals surface area contributed by atoms with Crippen molar-refractivity contribution < 1.29 is 14.5 Å². The van der Waals surface area contributed by atoms with Crippen molar-refractivity contribution in [2.75, 3.05) is 38.0 Å². The van der Waals surface area contributed by atoms with Gasteiger partial charge in [-0.1, -0.05) is 18.2 Å². The van der Waals surface area contributed by atoms with Gasteiger partial charge < -0.3 is 20.4 Å². The van der Waals surface area contributed by atoms with Crippen molar-refractivity contribution in [1.82, 2.24) is 10.2 Å². The normalized spacial score (nSPS) is 25.2. The van der Waals surface area contributed by atoms with Gasteiger partial charge in [0.25, 0.3) is 0 Å². The van der Waals surface area contributed by atoms with Crippen LogP contribution >= 0.6 is 0 Å². The van der Waals surface area contributed by atoms with E-state index in [-0.39, 0.29) is 17.9 Å². The number of hydrogen-bond donors (Lipinski definition) is 3. The second kappa shape index (κ2) is 10.5. The predicted molar refractivity (Wildman–Crippen MR) is 111 cm³/mol. The number of benzene rings is 1. The van der Waals surface area contributed by atoms with Crippen LogP contribution in [0.15, 0.2) is 30.3 Å². The standard InChI is InChI=1S/C22H34N4O2/c1-18-9-5-6-14-25(18)16-8-13-23-21(27)19-10-7-15-26(17-19)22(28)24-20-11-3-2-4-12-20/h2-4,11-12,18-19H,5-10,13-17H2,1H3,(H,23,27)(H,24,28)/p+1/t18-,19-/m1/s1. The molecular formula is C22H35N4O2+. The molecule has 154 valence electrons. The molecular weight excluding hydrogens is 352 g/mol. The highest BCUT2D eigenvalue weighted by Crippen LogP contribution is 2.18. The Balaban J connectivity index is 1.38. The van der Waals surface area contributed by atoms with Crippen LogP contribution in [0.3, 0.4) is 0 Å². The van der Waals surface area contributed by atoms with E-state index in [2.05, 4.69) is 17.6 Å². The summed E-state index contributed by atoms with van der Waals surface area (Å²) in [7, 11) is 0. The van der Waals surface area contributed by atoms with E-state index >= 15 is 0 Å². The summed E-state index contributed by atoms with van der Waals surface area (Å²) in [6.07, 6.45) is 6.76. The number of para-hydroxylation sites is 1. The molecule has 2 aliphatic heterocycles. The number of urea groups is 1. The molecule has 2 aliphatic rings. The molecule has 28 heavy (non-hydrogen) atoms. The monoisotopic (exact) mass is 387 g/mol. The highest BCUT2D eigenvalue weighted by molar-refractivity contribution is 5.90. The number of amides is 3. The topological polar surface area (TPSA) is 65.9 Å². The van der Waals surface area contributed by atoms with Gasteiger partial charge >= 0.3 is 6.03 Å². The molecule has 0 bridgehead atoms. The molecule has 1 aromatic rings. The molecule has 3 amide bonds. The first-order valence-corrected chi connectivity index (χ1v) is 10.9. The zero-order valence-corrected chi connectivity index (χ0v) is 17.1. The van der Waals surface area contributed by atoms with Crippen molar-refractivity contribution in [3.63, 3.8) is 0 Å². The summed E-state index contributed by atoms with van der Waals surface area (Å²) >= 11 is 0. The minimum absolute atomic E-state index is 0.0962. The minimum Gasteiger partial charge on any atom is -0.356 e. The van der Waals surface area contributed by atoms with Gasteiger partial charge in [-0.25, -0.2) is 4.79 Å². The highest BCUT2D eigenvalue weighted by Gasteiger charge is 2.28. The van der Waals surface area contributed by atoms with Crippen molar-refractivity contribution in [2.45, 2.75) is 51.5 Å². The zero-order valence-electron chi connectivity index (χ0n) is 17.1. The smallest absolute Gasteiger partial charge is 0.321 e. The molecule has 6 nitrogen and oxygen atoms in total. The Kier molecular flexibility index (Phi) is 7.71. The van der Waals surface area contributed by atoms with Gasteiger partial charge in [-0.15, -0.1) is 0 Å². The lowest BCUT2D eigenvalue weighted by atomic mass is 9.97. The summed E-state index contributed by atoms with van der Waals surface area (Å²) in [5.41, 5.74) is 0.786. The third kappa shape index (κ3) is 5.96. The van der Waals surface area contributed by atoms with Crippen LogP contribution < -0.4 is 15.5 Å². The molecule has 3 atom stereocenters.